The molecule has 1 unspecified atom stereocenters. The lowest BCUT2D eigenvalue weighted by molar-refractivity contribution is 0.227. The zero-order chi connectivity index (χ0) is 28.1. The van der Waals surface area contributed by atoms with Crippen LogP contribution in [0.5, 0.6) is 5.75 Å². The Hall–Kier alpha value is -3.82. The number of aromatic hydroxyl groups is 1. The zero-order valence-electron chi connectivity index (χ0n) is 23.5. The highest BCUT2D eigenvalue weighted by atomic mass is 19.1. The molecule has 2 aromatic heterocycles. The first-order valence-electron chi connectivity index (χ1n) is 14.0. The zero-order valence-corrected chi connectivity index (χ0v) is 23.5. The molecule has 210 valence electrons. The molecule has 0 saturated heterocycles. The number of likely N-dealkylation sites (N-methyl/N-ethyl adjacent to an activating group) is 1. The lowest BCUT2D eigenvalue weighted by atomic mass is 10.1. The Morgan fingerprint density at radius 1 is 1.07 bits per heavy atom. The highest BCUT2D eigenvalue weighted by Gasteiger charge is 2.32. The molecular weight excluding hydrogens is 505 g/mol. The number of imidazole rings is 1. The van der Waals surface area contributed by atoms with E-state index in [0.29, 0.717) is 5.95 Å². The smallest absolute Gasteiger partial charge is 0.223 e. The number of phenolic OH excluding ortho intramolecular Hbond substituents is 1. The Morgan fingerprint density at radius 3 is 2.65 bits per heavy atom. The van der Waals surface area contributed by atoms with E-state index in [1.165, 1.54) is 12.1 Å². The van der Waals surface area contributed by atoms with Gasteiger partial charge in [0.05, 0.1) is 17.1 Å². The van der Waals surface area contributed by atoms with E-state index in [1.807, 2.05) is 32.3 Å². The molecule has 4 aromatic rings. The van der Waals surface area contributed by atoms with E-state index in [0.717, 1.165) is 86.0 Å². The highest BCUT2D eigenvalue weighted by molar-refractivity contribution is 5.78. The minimum Gasteiger partial charge on any atom is -0.508 e. The minimum absolute atomic E-state index is 0.204. The van der Waals surface area contributed by atoms with E-state index in [-0.39, 0.29) is 17.6 Å². The lowest BCUT2D eigenvalue weighted by Crippen LogP contribution is -2.30. The number of phenols is 1. The number of aromatic nitrogens is 4. The van der Waals surface area contributed by atoms with Crippen molar-refractivity contribution in [3.8, 4) is 28.4 Å². The maximum atomic E-state index is 13.8. The van der Waals surface area contributed by atoms with E-state index < -0.39 is 0 Å². The van der Waals surface area contributed by atoms with Crippen LogP contribution in [0.4, 0.5) is 10.3 Å². The van der Waals surface area contributed by atoms with Crippen LogP contribution < -0.4 is 5.32 Å². The Kier molecular flexibility index (Phi) is 8.72. The molecule has 0 radical (unpaired) electrons. The summed E-state index contributed by atoms with van der Waals surface area (Å²) in [5.74, 6) is 1.61. The number of benzene rings is 2. The first kappa shape index (κ1) is 27.7. The SMILES string of the molecule is CCCN(Cc1cccc(O)c1)CC1CCc2nc(-c3ccc(F)cc3)c(-c3ccnc(NCCN(C)C)n3)n21. The highest BCUT2D eigenvalue weighted by Crippen LogP contribution is 2.39. The Balaban J connectivity index is 1.50. The standard InChI is InChI=1S/C31H38FN7O/c1-4-17-38(20-22-6-5-7-26(40)19-22)21-25-12-13-28-36-29(23-8-10-24(32)11-9-23)30(39(25)28)27-14-15-33-31(35-27)34-16-18-37(2)3/h5-11,14-15,19,25,40H,4,12-13,16-18,20-21H2,1-3H3,(H,33,34,35). The largest absolute Gasteiger partial charge is 0.508 e. The van der Waals surface area contributed by atoms with Crippen LogP contribution in [0.3, 0.4) is 0 Å². The molecule has 0 aliphatic carbocycles. The van der Waals surface area contributed by atoms with Gasteiger partial charge in [-0.1, -0.05) is 19.1 Å². The van der Waals surface area contributed by atoms with Crippen LogP contribution in [0.1, 0.15) is 37.2 Å². The molecule has 8 nitrogen and oxygen atoms in total. The Labute approximate surface area is 235 Å². The monoisotopic (exact) mass is 543 g/mol. The van der Waals surface area contributed by atoms with Crippen LogP contribution in [-0.2, 0) is 13.0 Å². The van der Waals surface area contributed by atoms with Gasteiger partial charge in [0.1, 0.15) is 17.4 Å². The predicted octanol–water partition coefficient (Wildman–Crippen LogP) is 5.22. The van der Waals surface area contributed by atoms with Crippen LogP contribution in [0, 0.1) is 5.82 Å². The molecule has 3 heterocycles. The van der Waals surface area contributed by atoms with Crippen LogP contribution in [0.15, 0.2) is 60.8 Å². The normalized spacial score (nSPS) is 14.7. The number of aryl methyl sites for hydroxylation is 1. The van der Waals surface area contributed by atoms with E-state index in [4.69, 9.17) is 9.97 Å². The van der Waals surface area contributed by atoms with Gasteiger partial charge in [0.15, 0.2) is 0 Å². The summed E-state index contributed by atoms with van der Waals surface area (Å²) >= 11 is 0. The second kappa shape index (κ2) is 12.6. The summed E-state index contributed by atoms with van der Waals surface area (Å²) in [6, 6.07) is 16.2. The van der Waals surface area contributed by atoms with Crippen LogP contribution in [-0.4, -0.2) is 74.7 Å². The average Bonchev–Trinajstić information content (AvgIpc) is 3.49. The molecule has 0 bridgehead atoms. The fourth-order valence-corrected chi connectivity index (χ4v) is 5.43. The maximum absolute atomic E-state index is 13.8. The van der Waals surface area contributed by atoms with Gasteiger partial charge < -0.3 is 19.9 Å². The van der Waals surface area contributed by atoms with Gasteiger partial charge in [-0.3, -0.25) is 4.90 Å². The number of hydrogen-bond acceptors (Lipinski definition) is 7. The van der Waals surface area contributed by atoms with Gasteiger partial charge >= 0.3 is 0 Å². The third-order valence-electron chi connectivity index (χ3n) is 7.23. The number of nitrogens with zero attached hydrogens (tertiary/aromatic N) is 6. The van der Waals surface area contributed by atoms with Crippen molar-refractivity contribution in [1.29, 1.82) is 0 Å². The average molecular weight is 544 g/mol. The third kappa shape index (κ3) is 6.48. The molecule has 40 heavy (non-hydrogen) atoms. The number of anilines is 1. The molecule has 0 amide bonds. The van der Waals surface area contributed by atoms with Crippen LogP contribution in [0.2, 0.25) is 0 Å². The van der Waals surface area contributed by atoms with Crippen LogP contribution >= 0.6 is 0 Å². The molecule has 0 spiro atoms. The summed E-state index contributed by atoms with van der Waals surface area (Å²) in [5.41, 5.74) is 4.50. The molecule has 5 rings (SSSR count). The van der Waals surface area contributed by atoms with Gasteiger partial charge in [-0.25, -0.2) is 19.3 Å². The van der Waals surface area contributed by atoms with Crippen molar-refractivity contribution in [2.75, 3.05) is 45.6 Å². The van der Waals surface area contributed by atoms with E-state index in [2.05, 4.69) is 37.7 Å². The molecule has 0 saturated carbocycles. The molecule has 1 aliphatic heterocycles. The van der Waals surface area contributed by atoms with Crippen molar-refractivity contribution in [2.24, 2.45) is 0 Å². The summed E-state index contributed by atoms with van der Waals surface area (Å²) in [7, 11) is 4.07. The Bertz CT molecular complexity index is 1420. The topological polar surface area (TPSA) is 82.3 Å². The predicted molar refractivity (Wildman–Crippen MR) is 157 cm³/mol. The summed E-state index contributed by atoms with van der Waals surface area (Å²) in [6.07, 6.45) is 4.66. The van der Waals surface area contributed by atoms with Gasteiger partial charge in [-0.05, 0) is 81.5 Å². The molecule has 1 atom stereocenters. The van der Waals surface area contributed by atoms with Gasteiger partial charge in [-0.2, -0.15) is 0 Å². The van der Waals surface area contributed by atoms with Crippen molar-refractivity contribution < 1.29 is 9.50 Å². The summed E-state index contributed by atoms with van der Waals surface area (Å²) in [4.78, 5) is 19.0. The van der Waals surface area contributed by atoms with Crippen molar-refractivity contribution in [2.45, 2.75) is 38.8 Å². The molecule has 9 heteroatoms. The number of rotatable bonds is 12. The molecule has 0 fully saturated rings. The molecule has 1 aliphatic rings. The number of fused-ring (bicyclic) bond motifs is 1. The lowest BCUT2D eigenvalue weighted by Gasteiger charge is -2.27. The summed E-state index contributed by atoms with van der Waals surface area (Å²) < 4.78 is 16.2. The van der Waals surface area contributed by atoms with Crippen LogP contribution in [0.25, 0.3) is 22.6 Å². The molecule has 2 aromatic carbocycles. The first-order chi connectivity index (χ1) is 19.4. The fourth-order valence-electron chi connectivity index (χ4n) is 5.43. The van der Waals surface area contributed by atoms with Crippen molar-refractivity contribution in [1.82, 2.24) is 29.3 Å². The van der Waals surface area contributed by atoms with Gasteiger partial charge in [0.25, 0.3) is 0 Å². The number of halogens is 1. The summed E-state index contributed by atoms with van der Waals surface area (Å²) in [6.45, 7) is 6.35. The van der Waals surface area contributed by atoms with Gasteiger partial charge in [-0.15, -0.1) is 0 Å². The minimum atomic E-state index is -0.272. The van der Waals surface area contributed by atoms with Crippen molar-refractivity contribution in [3.63, 3.8) is 0 Å². The second-order valence-electron chi connectivity index (χ2n) is 10.7. The number of nitrogens with one attached hydrogen (secondary N) is 1. The quantitative estimate of drug-likeness (QED) is 0.253. The molecular formula is C31H38FN7O. The van der Waals surface area contributed by atoms with Gasteiger partial charge in [0, 0.05) is 50.4 Å². The number of hydrogen-bond donors (Lipinski definition) is 2. The van der Waals surface area contributed by atoms with Crippen molar-refractivity contribution in [3.05, 3.63) is 78.0 Å². The maximum Gasteiger partial charge on any atom is 0.223 e. The van der Waals surface area contributed by atoms with E-state index in [1.54, 1.807) is 24.4 Å². The fraction of sp³-hybridized carbons (Fsp3) is 0.387. The molecule has 2 N–H and O–H groups in total. The summed E-state index contributed by atoms with van der Waals surface area (Å²) in [5, 5.41) is 13.3. The second-order valence-corrected chi connectivity index (χ2v) is 10.7. The first-order valence-corrected chi connectivity index (χ1v) is 14.0. The van der Waals surface area contributed by atoms with E-state index >= 15 is 0 Å². The third-order valence-corrected chi connectivity index (χ3v) is 7.23. The van der Waals surface area contributed by atoms with Gasteiger partial charge in [0.2, 0.25) is 5.95 Å². The van der Waals surface area contributed by atoms with Crippen molar-refractivity contribution >= 4 is 5.95 Å². The van der Waals surface area contributed by atoms with E-state index in [9.17, 15) is 9.50 Å². The Morgan fingerprint density at radius 2 is 1.90 bits per heavy atom.